The van der Waals surface area contributed by atoms with Crippen molar-refractivity contribution in [2.24, 2.45) is 5.92 Å². The van der Waals surface area contributed by atoms with E-state index >= 15 is 0 Å². The minimum absolute atomic E-state index is 0.137. The number of nitrogens with zero attached hydrogens (tertiary/aromatic N) is 3. The van der Waals surface area contributed by atoms with E-state index in [2.05, 4.69) is 23.1 Å². The molecule has 2 saturated heterocycles. The number of fused-ring (bicyclic) bond motifs is 3. The van der Waals surface area contributed by atoms with Crippen LogP contribution in [0.4, 0.5) is 10.5 Å². The summed E-state index contributed by atoms with van der Waals surface area (Å²) in [4.78, 5) is 32.1. The summed E-state index contributed by atoms with van der Waals surface area (Å²) in [5, 5.41) is 0. The molecule has 6 heteroatoms. The fraction of sp³-hybridized carbons (Fsp3) is 0.667. The second kappa shape index (κ2) is 7.56. The number of likely N-dealkylation sites (N-methyl/N-ethyl adjacent to an activating group) is 1. The molecule has 3 atom stereocenters. The number of hydrogen-bond acceptors (Lipinski definition) is 4. The van der Waals surface area contributed by atoms with E-state index in [0.717, 1.165) is 57.4 Å². The first-order valence-corrected chi connectivity index (χ1v) is 11.6. The Hall–Kier alpha value is -2.08. The number of piperidine rings is 2. The standard InChI is InChI=1S/C24H33N3O3/c1-3-30-23(29)27-12-6-7-17-15-18(16-21(17)27)26-13-10-24(11-14-26)19-8-4-5-9-20(19)25(2)22(24)28/h4-5,8-9,17-18,21H,3,6-7,10-16H2,1-2H3. The van der Waals surface area contributed by atoms with E-state index in [0.29, 0.717) is 24.6 Å². The van der Waals surface area contributed by atoms with Crippen LogP contribution in [0.2, 0.25) is 0 Å². The van der Waals surface area contributed by atoms with Crippen molar-refractivity contribution in [3.05, 3.63) is 29.8 Å². The number of anilines is 1. The average Bonchev–Trinajstić information content (AvgIpc) is 3.29. The zero-order chi connectivity index (χ0) is 20.9. The smallest absolute Gasteiger partial charge is 0.410 e. The summed E-state index contributed by atoms with van der Waals surface area (Å²) in [5.74, 6) is 0.848. The van der Waals surface area contributed by atoms with E-state index in [4.69, 9.17) is 4.74 Å². The molecule has 30 heavy (non-hydrogen) atoms. The lowest BCUT2D eigenvalue weighted by Crippen LogP contribution is -2.50. The summed E-state index contributed by atoms with van der Waals surface area (Å²) in [6.45, 7) is 5.05. The Morgan fingerprint density at radius 3 is 2.70 bits per heavy atom. The molecule has 0 aromatic heterocycles. The molecule has 2 amide bonds. The number of likely N-dealkylation sites (tertiary alicyclic amines) is 2. The van der Waals surface area contributed by atoms with Crippen molar-refractivity contribution in [3.8, 4) is 0 Å². The molecule has 3 aliphatic heterocycles. The van der Waals surface area contributed by atoms with Gasteiger partial charge in [0.1, 0.15) is 0 Å². The minimum atomic E-state index is -0.343. The van der Waals surface area contributed by atoms with Crippen LogP contribution in [0.1, 0.15) is 51.0 Å². The average molecular weight is 412 g/mol. The van der Waals surface area contributed by atoms with Gasteiger partial charge >= 0.3 is 6.09 Å². The highest BCUT2D eigenvalue weighted by Crippen LogP contribution is 2.48. The molecule has 0 N–H and O–H groups in total. The maximum Gasteiger partial charge on any atom is 0.410 e. The second-order valence-electron chi connectivity index (χ2n) is 9.49. The van der Waals surface area contributed by atoms with Crippen LogP contribution in [0.3, 0.4) is 0 Å². The van der Waals surface area contributed by atoms with E-state index in [1.54, 1.807) is 0 Å². The fourth-order valence-corrected chi connectivity index (χ4v) is 6.66. The Morgan fingerprint density at radius 1 is 1.17 bits per heavy atom. The van der Waals surface area contributed by atoms with Crippen LogP contribution < -0.4 is 4.90 Å². The molecule has 1 saturated carbocycles. The van der Waals surface area contributed by atoms with Gasteiger partial charge in [0, 0.05) is 31.4 Å². The fourth-order valence-electron chi connectivity index (χ4n) is 6.66. The Bertz CT molecular complexity index is 833. The summed E-state index contributed by atoms with van der Waals surface area (Å²) < 4.78 is 5.32. The number of ether oxygens (including phenoxy) is 1. The van der Waals surface area contributed by atoms with Gasteiger partial charge in [0.25, 0.3) is 0 Å². The molecule has 3 fully saturated rings. The predicted octanol–water partition coefficient (Wildman–Crippen LogP) is 3.40. The molecule has 1 aliphatic carbocycles. The van der Waals surface area contributed by atoms with E-state index < -0.39 is 0 Å². The van der Waals surface area contributed by atoms with Crippen molar-refractivity contribution >= 4 is 17.7 Å². The third-order valence-corrected chi connectivity index (χ3v) is 8.17. The first-order chi connectivity index (χ1) is 14.5. The van der Waals surface area contributed by atoms with Crippen LogP contribution in [0.5, 0.6) is 0 Å². The van der Waals surface area contributed by atoms with Crippen LogP contribution in [0, 0.1) is 5.92 Å². The normalized spacial score (nSPS) is 30.5. The minimum Gasteiger partial charge on any atom is -0.450 e. The van der Waals surface area contributed by atoms with Crippen molar-refractivity contribution in [2.45, 2.75) is 62.9 Å². The van der Waals surface area contributed by atoms with Crippen LogP contribution in [0.15, 0.2) is 24.3 Å². The first-order valence-electron chi connectivity index (χ1n) is 11.6. The lowest BCUT2D eigenvalue weighted by atomic mass is 9.73. The summed E-state index contributed by atoms with van der Waals surface area (Å²) in [7, 11) is 1.91. The molecule has 0 radical (unpaired) electrons. The molecule has 5 rings (SSSR count). The Balaban J connectivity index is 1.28. The van der Waals surface area contributed by atoms with Gasteiger partial charge in [0.05, 0.1) is 12.0 Å². The van der Waals surface area contributed by atoms with Crippen LogP contribution in [0.25, 0.3) is 0 Å². The SMILES string of the molecule is CCOC(=O)N1CCCC2CC(N3CCC4(CC3)C(=O)N(C)c3ccccc34)CC21. The van der Waals surface area contributed by atoms with Gasteiger partial charge < -0.3 is 19.4 Å². The molecule has 3 unspecified atom stereocenters. The molecular weight excluding hydrogens is 378 g/mol. The van der Waals surface area contributed by atoms with E-state index in [1.807, 2.05) is 29.8 Å². The Labute approximate surface area is 179 Å². The van der Waals surface area contributed by atoms with Gasteiger partial charge in [0.2, 0.25) is 5.91 Å². The van der Waals surface area contributed by atoms with Crippen molar-refractivity contribution < 1.29 is 14.3 Å². The Morgan fingerprint density at radius 2 is 1.93 bits per heavy atom. The molecule has 4 aliphatic rings. The van der Waals surface area contributed by atoms with E-state index in [1.165, 1.54) is 12.0 Å². The molecule has 3 heterocycles. The number of benzene rings is 1. The zero-order valence-electron chi connectivity index (χ0n) is 18.2. The molecule has 6 nitrogen and oxygen atoms in total. The highest BCUT2D eigenvalue weighted by atomic mass is 16.6. The zero-order valence-corrected chi connectivity index (χ0v) is 18.2. The first kappa shape index (κ1) is 19.9. The van der Waals surface area contributed by atoms with Gasteiger partial charge in [-0.05, 0) is 76.1 Å². The lowest BCUT2D eigenvalue weighted by molar-refractivity contribution is -0.124. The summed E-state index contributed by atoms with van der Waals surface area (Å²) in [6.07, 6.45) is 6.14. The van der Waals surface area contributed by atoms with E-state index in [9.17, 15) is 9.59 Å². The van der Waals surface area contributed by atoms with Crippen LogP contribution >= 0.6 is 0 Å². The number of amides is 2. The van der Waals surface area contributed by atoms with Gasteiger partial charge in [-0.3, -0.25) is 4.79 Å². The van der Waals surface area contributed by atoms with Crippen LogP contribution in [-0.2, 0) is 14.9 Å². The van der Waals surface area contributed by atoms with Crippen molar-refractivity contribution in [2.75, 3.05) is 38.2 Å². The van der Waals surface area contributed by atoms with Crippen molar-refractivity contribution in [1.82, 2.24) is 9.80 Å². The number of carbonyl (C=O) groups is 2. The van der Waals surface area contributed by atoms with Gasteiger partial charge in [-0.2, -0.15) is 0 Å². The number of hydrogen-bond donors (Lipinski definition) is 0. The monoisotopic (exact) mass is 411 g/mol. The third-order valence-electron chi connectivity index (χ3n) is 8.17. The molecule has 0 bridgehead atoms. The number of para-hydroxylation sites is 1. The largest absolute Gasteiger partial charge is 0.450 e. The molecule has 162 valence electrons. The molecular formula is C24H33N3O3. The highest BCUT2D eigenvalue weighted by molar-refractivity contribution is 6.07. The maximum absolute atomic E-state index is 13.2. The van der Waals surface area contributed by atoms with Crippen molar-refractivity contribution in [3.63, 3.8) is 0 Å². The summed E-state index contributed by atoms with van der Waals surface area (Å²) in [5.41, 5.74) is 1.95. The van der Waals surface area contributed by atoms with E-state index in [-0.39, 0.29) is 17.4 Å². The third kappa shape index (κ3) is 2.95. The van der Waals surface area contributed by atoms with Gasteiger partial charge in [0.15, 0.2) is 0 Å². The topological polar surface area (TPSA) is 53.1 Å². The predicted molar refractivity (Wildman–Crippen MR) is 116 cm³/mol. The number of rotatable bonds is 2. The highest BCUT2D eigenvalue weighted by Gasteiger charge is 2.52. The summed E-state index contributed by atoms with van der Waals surface area (Å²) in [6, 6.07) is 9.13. The second-order valence-corrected chi connectivity index (χ2v) is 9.49. The molecule has 1 aromatic carbocycles. The van der Waals surface area contributed by atoms with Crippen molar-refractivity contribution in [1.29, 1.82) is 0 Å². The van der Waals surface area contributed by atoms with Gasteiger partial charge in [-0.25, -0.2) is 4.79 Å². The maximum atomic E-state index is 13.2. The van der Waals surface area contributed by atoms with Gasteiger partial charge in [-0.1, -0.05) is 18.2 Å². The van der Waals surface area contributed by atoms with Crippen LogP contribution in [-0.4, -0.2) is 67.2 Å². The molecule has 1 spiro atoms. The molecule has 1 aromatic rings. The van der Waals surface area contributed by atoms with Gasteiger partial charge in [-0.15, -0.1) is 0 Å². The summed E-state index contributed by atoms with van der Waals surface area (Å²) >= 11 is 0. The quantitative estimate of drug-likeness (QED) is 0.749. The lowest BCUT2D eigenvalue weighted by Gasteiger charge is -2.41. The Kier molecular flexibility index (Phi) is 5.00. The number of carbonyl (C=O) groups excluding carboxylic acids is 2.